The maximum atomic E-state index is 12.7. The third kappa shape index (κ3) is 4.62. The number of H-pyrrole nitrogens is 1. The Bertz CT molecular complexity index is 1280. The SMILES string of the molecule is O=C(NCc1n[nH]c(=S)n1-c1ccccc1Cl)c1ccc(S(=O)(=O)N2CCOCC2)cc1. The summed E-state index contributed by atoms with van der Waals surface area (Å²) in [4.78, 5) is 12.8. The molecule has 1 aliphatic rings. The van der Waals surface area contributed by atoms with Crippen LogP contribution >= 0.6 is 23.8 Å². The molecular weight excluding hydrogens is 474 g/mol. The fourth-order valence-corrected chi connectivity index (χ4v) is 5.18. The number of amides is 1. The molecule has 32 heavy (non-hydrogen) atoms. The zero-order valence-corrected chi connectivity index (χ0v) is 19.2. The van der Waals surface area contributed by atoms with Crippen LogP contribution in [-0.4, -0.2) is 59.7 Å². The van der Waals surface area contributed by atoms with Crippen LogP contribution < -0.4 is 5.32 Å². The minimum absolute atomic E-state index is 0.0883. The van der Waals surface area contributed by atoms with E-state index < -0.39 is 10.0 Å². The summed E-state index contributed by atoms with van der Waals surface area (Å²) in [5.74, 6) is 0.0999. The number of halogens is 1. The fourth-order valence-electron chi connectivity index (χ4n) is 3.31. The van der Waals surface area contributed by atoms with Crippen LogP contribution in [0.2, 0.25) is 5.02 Å². The number of nitrogens with zero attached hydrogens (tertiary/aromatic N) is 3. The van der Waals surface area contributed by atoms with Crippen molar-refractivity contribution < 1.29 is 17.9 Å². The molecule has 0 radical (unpaired) electrons. The molecule has 1 aromatic heterocycles. The molecule has 168 valence electrons. The number of para-hydroxylation sites is 1. The number of carbonyl (C=O) groups excluding carboxylic acids is 1. The Hall–Kier alpha value is -2.57. The van der Waals surface area contributed by atoms with E-state index in [-0.39, 0.29) is 17.3 Å². The van der Waals surface area contributed by atoms with E-state index >= 15 is 0 Å². The number of carbonyl (C=O) groups is 1. The molecular formula is C20H20ClN5O4S2. The lowest BCUT2D eigenvalue weighted by Crippen LogP contribution is -2.40. The lowest BCUT2D eigenvalue weighted by molar-refractivity contribution is 0.0730. The molecule has 2 aromatic carbocycles. The molecule has 0 spiro atoms. The largest absolute Gasteiger partial charge is 0.379 e. The van der Waals surface area contributed by atoms with Gasteiger partial charge in [0.05, 0.1) is 35.4 Å². The van der Waals surface area contributed by atoms with Crippen LogP contribution in [0.3, 0.4) is 0 Å². The van der Waals surface area contributed by atoms with Crippen LogP contribution in [0.25, 0.3) is 5.69 Å². The molecule has 9 nitrogen and oxygen atoms in total. The number of aromatic nitrogens is 3. The van der Waals surface area contributed by atoms with Gasteiger partial charge in [0.25, 0.3) is 5.91 Å². The van der Waals surface area contributed by atoms with E-state index in [1.165, 1.54) is 28.6 Å². The molecule has 2 N–H and O–H groups in total. The van der Waals surface area contributed by atoms with Crippen LogP contribution in [-0.2, 0) is 21.3 Å². The van der Waals surface area contributed by atoms with Gasteiger partial charge in [0.15, 0.2) is 10.6 Å². The smallest absolute Gasteiger partial charge is 0.251 e. The predicted octanol–water partition coefficient (Wildman–Crippen LogP) is 2.53. The summed E-state index contributed by atoms with van der Waals surface area (Å²) >= 11 is 11.6. The summed E-state index contributed by atoms with van der Waals surface area (Å²) in [6, 6.07) is 13.0. The molecule has 0 atom stereocenters. The summed E-state index contributed by atoms with van der Waals surface area (Å²) in [5, 5.41) is 10.1. The van der Waals surface area contributed by atoms with Crippen molar-refractivity contribution in [2.24, 2.45) is 0 Å². The average Bonchev–Trinajstić information content (AvgIpc) is 3.18. The molecule has 0 unspecified atom stereocenters. The number of hydrogen-bond donors (Lipinski definition) is 2. The summed E-state index contributed by atoms with van der Waals surface area (Å²) in [5.41, 5.74) is 0.971. The number of sulfonamides is 1. The number of nitrogens with one attached hydrogen (secondary N) is 2. The third-order valence-corrected chi connectivity index (χ3v) is 7.47. The topological polar surface area (TPSA) is 109 Å². The number of aromatic amines is 1. The van der Waals surface area contributed by atoms with Gasteiger partial charge in [0, 0.05) is 18.7 Å². The number of ether oxygens (including phenoxy) is 1. The molecule has 2 heterocycles. The van der Waals surface area contributed by atoms with Crippen molar-refractivity contribution in [3.63, 3.8) is 0 Å². The first kappa shape index (κ1) is 22.6. The lowest BCUT2D eigenvalue weighted by Gasteiger charge is -2.26. The lowest BCUT2D eigenvalue weighted by atomic mass is 10.2. The maximum absolute atomic E-state index is 12.7. The Morgan fingerprint density at radius 1 is 1.16 bits per heavy atom. The van der Waals surface area contributed by atoms with Crippen LogP contribution in [0.5, 0.6) is 0 Å². The van der Waals surface area contributed by atoms with E-state index in [0.717, 1.165) is 0 Å². The van der Waals surface area contributed by atoms with Gasteiger partial charge in [-0.3, -0.25) is 14.5 Å². The van der Waals surface area contributed by atoms with Gasteiger partial charge in [-0.1, -0.05) is 23.7 Å². The highest BCUT2D eigenvalue weighted by atomic mass is 35.5. The maximum Gasteiger partial charge on any atom is 0.251 e. The Balaban J connectivity index is 1.47. The molecule has 12 heteroatoms. The number of hydrogen-bond acceptors (Lipinski definition) is 6. The first-order chi connectivity index (χ1) is 15.4. The van der Waals surface area contributed by atoms with E-state index in [4.69, 9.17) is 28.6 Å². The normalized spacial score (nSPS) is 14.9. The Kier molecular flexibility index (Phi) is 6.72. The highest BCUT2D eigenvalue weighted by Crippen LogP contribution is 2.21. The first-order valence-corrected chi connectivity index (χ1v) is 12.0. The van der Waals surface area contributed by atoms with Gasteiger partial charge >= 0.3 is 0 Å². The molecule has 1 amide bonds. The van der Waals surface area contributed by atoms with E-state index in [9.17, 15) is 13.2 Å². The molecule has 0 saturated carbocycles. The van der Waals surface area contributed by atoms with E-state index in [1.807, 2.05) is 6.07 Å². The van der Waals surface area contributed by atoms with E-state index in [1.54, 1.807) is 22.8 Å². The second kappa shape index (κ2) is 9.51. The van der Waals surface area contributed by atoms with Gasteiger partial charge in [-0.25, -0.2) is 8.42 Å². The molecule has 3 aromatic rings. The molecule has 1 fully saturated rings. The summed E-state index contributed by atoms with van der Waals surface area (Å²) in [6.45, 7) is 1.44. The summed E-state index contributed by atoms with van der Waals surface area (Å²) in [6.07, 6.45) is 0. The van der Waals surface area contributed by atoms with Crippen molar-refractivity contribution in [1.29, 1.82) is 0 Å². The van der Waals surface area contributed by atoms with Crippen molar-refractivity contribution in [3.8, 4) is 5.69 Å². The van der Waals surface area contributed by atoms with Crippen molar-refractivity contribution in [1.82, 2.24) is 24.4 Å². The number of rotatable bonds is 6. The molecule has 0 aliphatic carbocycles. The first-order valence-electron chi connectivity index (χ1n) is 9.75. The third-order valence-electron chi connectivity index (χ3n) is 4.97. The van der Waals surface area contributed by atoms with Crippen LogP contribution in [0.15, 0.2) is 53.4 Å². The summed E-state index contributed by atoms with van der Waals surface area (Å²) < 4.78 is 34.0. The van der Waals surface area contributed by atoms with Gasteiger partial charge in [0.2, 0.25) is 10.0 Å². The van der Waals surface area contributed by atoms with Crippen LogP contribution in [0.1, 0.15) is 16.2 Å². The Morgan fingerprint density at radius 3 is 2.53 bits per heavy atom. The van der Waals surface area contributed by atoms with Gasteiger partial charge in [0.1, 0.15) is 0 Å². The minimum atomic E-state index is -3.62. The summed E-state index contributed by atoms with van der Waals surface area (Å²) in [7, 11) is -3.62. The second-order valence-corrected chi connectivity index (χ2v) is 9.69. The van der Waals surface area contributed by atoms with Crippen LogP contribution in [0.4, 0.5) is 0 Å². The standard InChI is InChI=1S/C20H20ClN5O4S2/c21-16-3-1-2-4-17(16)26-18(23-24-20(26)31)13-22-19(27)14-5-7-15(8-6-14)32(28,29)25-9-11-30-12-10-25/h1-8H,9-13H2,(H,22,27)(H,24,31). The van der Waals surface area contributed by atoms with Crippen molar-refractivity contribution in [2.45, 2.75) is 11.4 Å². The number of morpholine rings is 1. The highest BCUT2D eigenvalue weighted by molar-refractivity contribution is 7.89. The Labute approximate surface area is 195 Å². The minimum Gasteiger partial charge on any atom is -0.379 e. The number of benzene rings is 2. The Morgan fingerprint density at radius 2 is 1.84 bits per heavy atom. The zero-order chi connectivity index (χ0) is 22.7. The second-order valence-electron chi connectivity index (χ2n) is 6.96. The van der Waals surface area contributed by atoms with Crippen molar-refractivity contribution in [3.05, 3.63) is 69.7 Å². The molecule has 4 rings (SSSR count). The van der Waals surface area contributed by atoms with E-state index in [2.05, 4.69) is 15.5 Å². The monoisotopic (exact) mass is 493 g/mol. The predicted molar refractivity (Wildman–Crippen MR) is 121 cm³/mol. The van der Waals surface area contributed by atoms with E-state index in [0.29, 0.717) is 53.2 Å². The van der Waals surface area contributed by atoms with Gasteiger partial charge in [-0.2, -0.15) is 9.40 Å². The molecule has 1 aliphatic heterocycles. The molecule has 0 bridgehead atoms. The van der Waals surface area contributed by atoms with Gasteiger partial charge < -0.3 is 10.1 Å². The van der Waals surface area contributed by atoms with Crippen molar-refractivity contribution >= 4 is 39.7 Å². The average molecular weight is 494 g/mol. The van der Waals surface area contributed by atoms with Crippen LogP contribution in [0, 0.1) is 4.77 Å². The van der Waals surface area contributed by atoms with Gasteiger partial charge in [-0.05, 0) is 48.6 Å². The molecule has 1 saturated heterocycles. The highest BCUT2D eigenvalue weighted by Gasteiger charge is 2.26. The zero-order valence-electron chi connectivity index (χ0n) is 16.8. The quantitative estimate of drug-likeness (QED) is 0.511. The fraction of sp³-hybridized carbons (Fsp3) is 0.250. The van der Waals surface area contributed by atoms with Crippen molar-refractivity contribution in [2.75, 3.05) is 26.3 Å². The van der Waals surface area contributed by atoms with Gasteiger partial charge in [-0.15, -0.1) is 0 Å².